The molecule has 0 radical (unpaired) electrons. The van der Waals surface area contributed by atoms with Crippen LogP contribution in [0.5, 0.6) is 0 Å². The number of likely N-dealkylation sites (N-methyl/N-ethyl adjacent to an activating group) is 1. The van der Waals surface area contributed by atoms with Gasteiger partial charge in [-0.2, -0.15) is 0 Å². The van der Waals surface area contributed by atoms with E-state index in [1.54, 1.807) is 56.6 Å². The first-order chi connectivity index (χ1) is 19.2. The number of halogens is 1. The first-order valence-corrected chi connectivity index (χ1v) is 12.5. The Balaban J connectivity index is 1.77. The van der Waals surface area contributed by atoms with Crippen molar-refractivity contribution in [2.24, 2.45) is 0 Å². The van der Waals surface area contributed by atoms with Crippen LogP contribution in [0.2, 0.25) is 0 Å². The van der Waals surface area contributed by atoms with Crippen LogP contribution in [0.25, 0.3) is 11.3 Å². The number of anilines is 2. The quantitative estimate of drug-likeness (QED) is 0.277. The number of pyridine rings is 2. The lowest BCUT2D eigenvalue weighted by atomic mass is 10.0. The summed E-state index contributed by atoms with van der Waals surface area (Å²) < 4.78 is 14.8. The molecule has 3 N–H and O–H groups in total. The molecule has 0 unspecified atom stereocenters. The number of nitrogens with zero attached hydrogens (tertiary/aromatic N) is 2. The van der Waals surface area contributed by atoms with E-state index in [0.29, 0.717) is 28.1 Å². The lowest BCUT2D eigenvalue weighted by Crippen LogP contribution is -2.37. The van der Waals surface area contributed by atoms with Crippen LogP contribution >= 0.6 is 0 Å². The Kier molecular flexibility index (Phi) is 8.60. The molecule has 0 saturated heterocycles. The largest absolute Gasteiger partial charge is 0.326 e. The third-order valence-electron chi connectivity index (χ3n) is 6.24. The highest BCUT2D eigenvalue weighted by molar-refractivity contribution is 6.08. The van der Waals surface area contributed by atoms with Gasteiger partial charge >= 0.3 is 0 Å². The topological polar surface area (TPSA) is 122 Å². The van der Waals surface area contributed by atoms with Crippen LogP contribution in [-0.2, 0) is 16.1 Å². The molecular weight excluding hydrogens is 513 g/mol. The monoisotopic (exact) mass is 541 g/mol. The van der Waals surface area contributed by atoms with Gasteiger partial charge in [0, 0.05) is 41.7 Å². The van der Waals surface area contributed by atoms with Crippen molar-refractivity contribution in [3.8, 4) is 11.3 Å². The number of rotatable bonds is 9. The molecular formula is C30H28FN5O4. The van der Waals surface area contributed by atoms with E-state index in [1.165, 1.54) is 48.0 Å². The molecule has 2 aromatic heterocycles. The Bertz CT molecular complexity index is 1630. The molecule has 0 fully saturated rings. The van der Waals surface area contributed by atoms with Crippen LogP contribution in [0.1, 0.15) is 35.3 Å². The van der Waals surface area contributed by atoms with E-state index in [0.717, 1.165) is 0 Å². The lowest BCUT2D eigenvalue weighted by molar-refractivity contribution is -0.117. The van der Waals surface area contributed by atoms with Gasteiger partial charge in [-0.25, -0.2) is 4.39 Å². The van der Waals surface area contributed by atoms with Crippen molar-refractivity contribution in [2.45, 2.75) is 26.4 Å². The van der Waals surface area contributed by atoms with Gasteiger partial charge in [0.1, 0.15) is 11.5 Å². The smallest absolute Gasteiger partial charge is 0.275 e. The highest BCUT2D eigenvalue weighted by Gasteiger charge is 2.17. The van der Waals surface area contributed by atoms with Crippen molar-refractivity contribution < 1.29 is 18.8 Å². The second-order valence-electron chi connectivity index (χ2n) is 9.20. The summed E-state index contributed by atoms with van der Waals surface area (Å²) >= 11 is 0. The number of aromatic nitrogens is 2. The zero-order valence-corrected chi connectivity index (χ0v) is 22.2. The molecule has 4 aromatic rings. The molecule has 0 spiro atoms. The van der Waals surface area contributed by atoms with Gasteiger partial charge in [0.25, 0.3) is 5.56 Å². The maximum Gasteiger partial charge on any atom is 0.275 e. The van der Waals surface area contributed by atoms with Crippen molar-refractivity contribution in [1.82, 2.24) is 14.9 Å². The molecule has 204 valence electrons. The molecule has 4 rings (SSSR count). The summed E-state index contributed by atoms with van der Waals surface area (Å²) in [5.74, 6) is -1.40. The third kappa shape index (κ3) is 6.54. The van der Waals surface area contributed by atoms with E-state index in [2.05, 4.69) is 20.9 Å². The van der Waals surface area contributed by atoms with Gasteiger partial charge in [0.2, 0.25) is 11.8 Å². The minimum Gasteiger partial charge on any atom is -0.326 e. The van der Waals surface area contributed by atoms with E-state index in [9.17, 15) is 23.6 Å². The molecule has 9 nitrogen and oxygen atoms in total. The SMILES string of the molecule is CN[C@@H](C)C(=O)Nc1ccc(-c2cccc(NC(C)=O)c2)n(Cc2cncc(C(=O)c3ccc(F)cc3)c2)c1=O. The summed E-state index contributed by atoms with van der Waals surface area (Å²) in [4.78, 5) is 55.0. The average Bonchev–Trinajstić information content (AvgIpc) is 2.94. The fourth-order valence-electron chi connectivity index (χ4n) is 4.06. The first kappa shape index (κ1) is 28.1. The zero-order valence-electron chi connectivity index (χ0n) is 22.2. The van der Waals surface area contributed by atoms with Gasteiger partial charge in [-0.3, -0.25) is 24.2 Å². The number of carbonyl (C=O) groups excluding carboxylic acids is 3. The van der Waals surface area contributed by atoms with Crippen molar-refractivity contribution in [3.05, 3.63) is 112 Å². The Hall–Kier alpha value is -4.96. The van der Waals surface area contributed by atoms with Crippen LogP contribution in [0.15, 0.2) is 83.9 Å². The van der Waals surface area contributed by atoms with Gasteiger partial charge in [-0.1, -0.05) is 12.1 Å². The van der Waals surface area contributed by atoms with Gasteiger partial charge in [-0.05, 0) is 74.1 Å². The Labute approximate surface area is 230 Å². The Morgan fingerprint density at radius 2 is 1.70 bits per heavy atom. The average molecular weight is 542 g/mol. The van der Waals surface area contributed by atoms with Crippen molar-refractivity contribution in [3.63, 3.8) is 0 Å². The number of carbonyl (C=O) groups is 3. The van der Waals surface area contributed by atoms with Crippen molar-refractivity contribution >= 4 is 29.0 Å². The highest BCUT2D eigenvalue weighted by Crippen LogP contribution is 2.24. The maximum atomic E-state index is 13.7. The predicted molar refractivity (Wildman–Crippen MR) is 151 cm³/mol. The summed E-state index contributed by atoms with van der Waals surface area (Å²) in [7, 11) is 1.64. The standard InChI is InChI=1S/C30H28FN5O4/c1-18(32-3)29(39)35-26-11-12-27(22-5-4-6-25(14-22)34-19(2)37)36(30(26)40)17-20-13-23(16-33-15-20)28(38)21-7-9-24(31)10-8-21/h4-16,18,32H,17H2,1-3H3,(H,34,37)(H,35,39)/t18-/m0/s1. The summed E-state index contributed by atoms with van der Waals surface area (Å²) in [5, 5.41) is 8.23. The highest BCUT2D eigenvalue weighted by atomic mass is 19.1. The molecule has 0 bridgehead atoms. The lowest BCUT2D eigenvalue weighted by Gasteiger charge is -2.17. The van der Waals surface area contributed by atoms with Crippen LogP contribution in [0, 0.1) is 5.82 Å². The zero-order chi connectivity index (χ0) is 28.8. The van der Waals surface area contributed by atoms with Crippen molar-refractivity contribution in [1.29, 1.82) is 0 Å². The number of ketones is 1. The van der Waals surface area contributed by atoms with E-state index < -0.39 is 17.4 Å². The van der Waals surface area contributed by atoms with Crippen LogP contribution in [-0.4, -0.2) is 40.2 Å². The molecule has 2 aromatic carbocycles. The van der Waals surface area contributed by atoms with Crippen LogP contribution < -0.4 is 21.5 Å². The molecule has 2 heterocycles. The summed E-state index contributed by atoms with van der Waals surface area (Å²) in [6.45, 7) is 3.10. The predicted octanol–water partition coefficient (Wildman–Crippen LogP) is 3.83. The number of benzene rings is 2. The van der Waals surface area contributed by atoms with Gasteiger partial charge < -0.3 is 20.5 Å². The van der Waals surface area contributed by atoms with E-state index in [4.69, 9.17) is 0 Å². The molecule has 2 amide bonds. The van der Waals surface area contributed by atoms with Gasteiger partial charge in [0.05, 0.1) is 18.3 Å². The van der Waals surface area contributed by atoms with Gasteiger partial charge in [0.15, 0.2) is 5.78 Å². The van der Waals surface area contributed by atoms with Crippen molar-refractivity contribution in [2.75, 3.05) is 17.7 Å². The third-order valence-corrected chi connectivity index (χ3v) is 6.24. The summed E-state index contributed by atoms with van der Waals surface area (Å²) in [5.41, 5.74) is 2.48. The fourth-order valence-corrected chi connectivity index (χ4v) is 4.06. The number of nitrogens with one attached hydrogen (secondary N) is 3. The van der Waals surface area contributed by atoms with Crippen LogP contribution in [0.3, 0.4) is 0 Å². The molecule has 0 aliphatic rings. The molecule has 40 heavy (non-hydrogen) atoms. The molecule has 0 aliphatic heterocycles. The van der Waals surface area contributed by atoms with E-state index in [-0.39, 0.29) is 35.4 Å². The molecule has 0 saturated carbocycles. The number of amides is 2. The maximum absolute atomic E-state index is 13.7. The summed E-state index contributed by atoms with van der Waals surface area (Å²) in [6, 6.07) is 16.6. The normalized spacial score (nSPS) is 11.5. The minimum atomic E-state index is -0.528. The van der Waals surface area contributed by atoms with E-state index in [1.807, 2.05) is 0 Å². The van der Waals surface area contributed by atoms with Gasteiger partial charge in [-0.15, -0.1) is 0 Å². The summed E-state index contributed by atoms with van der Waals surface area (Å²) in [6.07, 6.45) is 2.95. The second kappa shape index (κ2) is 12.3. The number of hydrogen-bond donors (Lipinski definition) is 3. The first-order valence-electron chi connectivity index (χ1n) is 12.5. The second-order valence-corrected chi connectivity index (χ2v) is 9.20. The molecule has 1 atom stereocenters. The Morgan fingerprint density at radius 3 is 2.40 bits per heavy atom. The molecule has 0 aliphatic carbocycles. The Morgan fingerprint density at radius 1 is 0.950 bits per heavy atom. The fraction of sp³-hybridized carbons (Fsp3) is 0.167. The van der Waals surface area contributed by atoms with Crippen LogP contribution in [0.4, 0.5) is 15.8 Å². The van der Waals surface area contributed by atoms with E-state index >= 15 is 0 Å². The number of hydrogen-bond acceptors (Lipinski definition) is 6. The molecule has 10 heteroatoms. The minimum absolute atomic E-state index is 0.0291.